The Bertz CT molecular complexity index is 728. The number of anilines is 2. The standard InChI is InChI=1S/C18H24N4OS/c1-12-5-6-15(8-13(12)2)20-18-21-16(11-24-18)10-22-7-3-4-14(9-22)17(19)23/h5-6,8,11,14H,3-4,7,9-10H2,1-2H3,(H2,19,23)(H,20,21)/p+1/t14-/m0/s1. The van der Waals surface area contributed by atoms with Crippen LogP contribution in [0.25, 0.3) is 0 Å². The highest BCUT2D eigenvalue weighted by Crippen LogP contribution is 2.22. The lowest BCUT2D eigenvalue weighted by atomic mass is 9.97. The van der Waals surface area contributed by atoms with E-state index in [1.165, 1.54) is 16.0 Å². The van der Waals surface area contributed by atoms with Crippen molar-refractivity contribution in [3.05, 3.63) is 40.4 Å². The molecule has 2 atom stereocenters. The Hall–Kier alpha value is -1.92. The molecule has 2 aromatic rings. The fourth-order valence-corrected chi connectivity index (χ4v) is 3.93. The number of thiazole rings is 1. The van der Waals surface area contributed by atoms with Crippen molar-refractivity contribution < 1.29 is 9.69 Å². The van der Waals surface area contributed by atoms with E-state index in [4.69, 9.17) is 10.7 Å². The molecule has 0 spiro atoms. The van der Waals surface area contributed by atoms with Gasteiger partial charge in [0.15, 0.2) is 5.13 Å². The van der Waals surface area contributed by atoms with Crippen LogP contribution in [0.5, 0.6) is 0 Å². The van der Waals surface area contributed by atoms with E-state index in [2.05, 4.69) is 42.7 Å². The minimum absolute atomic E-state index is 0.0144. The Labute approximate surface area is 146 Å². The van der Waals surface area contributed by atoms with Crippen molar-refractivity contribution >= 4 is 28.1 Å². The van der Waals surface area contributed by atoms with Crippen LogP contribution in [-0.2, 0) is 11.3 Å². The van der Waals surface area contributed by atoms with E-state index in [-0.39, 0.29) is 11.8 Å². The van der Waals surface area contributed by atoms with Crippen LogP contribution < -0.4 is 16.0 Å². The van der Waals surface area contributed by atoms with Crippen molar-refractivity contribution in [3.63, 3.8) is 0 Å². The molecule has 4 N–H and O–H groups in total. The largest absolute Gasteiger partial charge is 0.369 e. The van der Waals surface area contributed by atoms with Crippen LogP contribution in [0.4, 0.5) is 10.8 Å². The number of hydrogen-bond donors (Lipinski definition) is 3. The van der Waals surface area contributed by atoms with Crippen molar-refractivity contribution in [2.75, 3.05) is 18.4 Å². The van der Waals surface area contributed by atoms with E-state index in [1.807, 2.05) is 0 Å². The number of carbonyl (C=O) groups excluding carboxylic acids is 1. The van der Waals surface area contributed by atoms with Crippen LogP contribution in [-0.4, -0.2) is 24.0 Å². The number of benzene rings is 1. The van der Waals surface area contributed by atoms with E-state index >= 15 is 0 Å². The Morgan fingerprint density at radius 3 is 3.00 bits per heavy atom. The molecule has 2 heterocycles. The van der Waals surface area contributed by atoms with Gasteiger partial charge in [-0.05, 0) is 49.9 Å². The van der Waals surface area contributed by atoms with Crippen molar-refractivity contribution in [3.8, 4) is 0 Å². The first-order valence-corrected chi connectivity index (χ1v) is 9.31. The Kier molecular flexibility index (Phi) is 5.16. The molecule has 6 heteroatoms. The third-order valence-corrected chi connectivity index (χ3v) is 5.57. The summed E-state index contributed by atoms with van der Waals surface area (Å²) < 4.78 is 0. The lowest BCUT2D eigenvalue weighted by Crippen LogP contribution is -3.12. The predicted octanol–water partition coefficient (Wildman–Crippen LogP) is 1.78. The molecule has 1 aromatic heterocycles. The number of rotatable bonds is 5. The van der Waals surface area contributed by atoms with Gasteiger partial charge in [0, 0.05) is 11.1 Å². The third kappa shape index (κ3) is 4.13. The molecular weight excluding hydrogens is 320 g/mol. The molecule has 1 aliphatic rings. The molecular formula is C18H25N4OS+. The first-order chi connectivity index (χ1) is 11.5. The van der Waals surface area contributed by atoms with Crippen molar-refractivity contribution in [1.82, 2.24) is 4.98 Å². The molecule has 0 radical (unpaired) electrons. The molecule has 3 rings (SSSR count). The van der Waals surface area contributed by atoms with Crippen LogP contribution >= 0.6 is 11.3 Å². The normalized spacial score (nSPS) is 20.8. The summed E-state index contributed by atoms with van der Waals surface area (Å²) in [5.41, 5.74) is 10.2. The molecule has 1 aliphatic heterocycles. The second-order valence-electron chi connectivity index (χ2n) is 6.69. The summed E-state index contributed by atoms with van der Waals surface area (Å²) in [6, 6.07) is 6.34. The van der Waals surface area contributed by atoms with E-state index in [0.717, 1.165) is 49.0 Å². The second kappa shape index (κ2) is 7.32. The number of aromatic nitrogens is 1. The summed E-state index contributed by atoms with van der Waals surface area (Å²) in [4.78, 5) is 17.5. The summed E-state index contributed by atoms with van der Waals surface area (Å²) in [5, 5.41) is 6.40. The molecule has 1 aromatic carbocycles. The van der Waals surface area contributed by atoms with E-state index in [9.17, 15) is 4.79 Å². The van der Waals surface area contributed by atoms with Gasteiger partial charge in [-0.1, -0.05) is 6.07 Å². The molecule has 0 bridgehead atoms. The third-order valence-electron chi connectivity index (χ3n) is 4.76. The lowest BCUT2D eigenvalue weighted by molar-refractivity contribution is -0.921. The van der Waals surface area contributed by atoms with Gasteiger partial charge >= 0.3 is 0 Å². The molecule has 1 amide bonds. The highest BCUT2D eigenvalue weighted by Gasteiger charge is 2.27. The number of carbonyl (C=O) groups is 1. The molecule has 0 saturated carbocycles. The zero-order valence-corrected chi connectivity index (χ0v) is 15.1. The summed E-state index contributed by atoms with van der Waals surface area (Å²) in [6.45, 7) is 6.99. The van der Waals surface area contributed by atoms with Gasteiger partial charge in [-0.2, -0.15) is 0 Å². The molecule has 5 nitrogen and oxygen atoms in total. The summed E-state index contributed by atoms with van der Waals surface area (Å²) in [5.74, 6) is -0.150. The maximum atomic E-state index is 11.4. The van der Waals surface area contributed by atoms with Crippen LogP contribution in [0.3, 0.4) is 0 Å². The quantitative estimate of drug-likeness (QED) is 0.773. The number of primary amides is 1. The smallest absolute Gasteiger partial charge is 0.226 e. The molecule has 24 heavy (non-hydrogen) atoms. The number of piperidine rings is 1. The van der Waals surface area contributed by atoms with Gasteiger partial charge in [0.05, 0.1) is 19.0 Å². The lowest BCUT2D eigenvalue weighted by Gasteiger charge is -2.27. The minimum atomic E-state index is -0.164. The predicted molar refractivity (Wildman–Crippen MR) is 97.6 cm³/mol. The maximum Gasteiger partial charge on any atom is 0.226 e. The Balaban J connectivity index is 1.61. The van der Waals surface area contributed by atoms with Crippen LogP contribution in [0.1, 0.15) is 29.7 Å². The van der Waals surface area contributed by atoms with Gasteiger partial charge < -0.3 is 16.0 Å². The minimum Gasteiger partial charge on any atom is -0.369 e. The van der Waals surface area contributed by atoms with Gasteiger partial charge in [-0.3, -0.25) is 4.79 Å². The number of nitrogens with one attached hydrogen (secondary N) is 2. The second-order valence-corrected chi connectivity index (χ2v) is 7.55. The number of nitrogens with zero attached hydrogens (tertiary/aromatic N) is 1. The SMILES string of the molecule is Cc1ccc(Nc2nc(C[NH+]3CCC[C@H](C(N)=O)C3)cs2)cc1C. The molecule has 1 saturated heterocycles. The summed E-state index contributed by atoms with van der Waals surface area (Å²) >= 11 is 1.62. The maximum absolute atomic E-state index is 11.4. The zero-order valence-electron chi connectivity index (χ0n) is 14.3. The number of likely N-dealkylation sites (tertiary alicyclic amines) is 1. The average Bonchev–Trinajstić information content (AvgIpc) is 2.98. The van der Waals surface area contributed by atoms with Crippen molar-refractivity contribution in [1.29, 1.82) is 0 Å². The number of amides is 1. The van der Waals surface area contributed by atoms with Gasteiger partial charge in [-0.25, -0.2) is 4.98 Å². The van der Waals surface area contributed by atoms with E-state index < -0.39 is 0 Å². The fraction of sp³-hybridized carbons (Fsp3) is 0.444. The number of quaternary nitrogens is 1. The van der Waals surface area contributed by atoms with Gasteiger partial charge in [0.2, 0.25) is 5.91 Å². The Morgan fingerprint density at radius 2 is 2.25 bits per heavy atom. The molecule has 1 unspecified atom stereocenters. The molecule has 1 fully saturated rings. The number of aryl methyl sites for hydroxylation is 2. The highest BCUT2D eigenvalue weighted by molar-refractivity contribution is 7.13. The van der Waals surface area contributed by atoms with Crippen molar-refractivity contribution in [2.24, 2.45) is 11.7 Å². The number of nitrogens with two attached hydrogens (primary N) is 1. The van der Waals surface area contributed by atoms with Crippen LogP contribution in [0.15, 0.2) is 23.6 Å². The average molecular weight is 345 g/mol. The number of hydrogen-bond acceptors (Lipinski definition) is 4. The van der Waals surface area contributed by atoms with Gasteiger partial charge in [0.1, 0.15) is 12.2 Å². The monoisotopic (exact) mass is 345 g/mol. The molecule has 128 valence electrons. The van der Waals surface area contributed by atoms with E-state index in [1.54, 1.807) is 11.3 Å². The summed E-state index contributed by atoms with van der Waals surface area (Å²) in [6.07, 6.45) is 1.98. The van der Waals surface area contributed by atoms with Crippen LogP contribution in [0.2, 0.25) is 0 Å². The van der Waals surface area contributed by atoms with Crippen LogP contribution in [0, 0.1) is 19.8 Å². The first kappa shape index (κ1) is 16.9. The highest BCUT2D eigenvalue weighted by atomic mass is 32.1. The first-order valence-electron chi connectivity index (χ1n) is 8.43. The fourth-order valence-electron chi connectivity index (χ4n) is 3.20. The zero-order chi connectivity index (χ0) is 17.1. The van der Waals surface area contributed by atoms with Crippen molar-refractivity contribution in [2.45, 2.75) is 33.2 Å². The summed E-state index contributed by atoms with van der Waals surface area (Å²) in [7, 11) is 0. The van der Waals surface area contributed by atoms with Gasteiger partial charge in [0.25, 0.3) is 0 Å². The van der Waals surface area contributed by atoms with Gasteiger partial charge in [-0.15, -0.1) is 11.3 Å². The Morgan fingerprint density at radius 1 is 1.42 bits per heavy atom. The topological polar surface area (TPSA) is 72.5 Å². The molecule has 0 aliphatic carbocycles. The van der Waals surface area contributed by atoms with E-state index in [0.29, 0.717) is 0 Å².